The van der Waals surface area contributed by atoms with Gasteiger partial charge in [-0.2, -0.15) is 0 Å². The molecule has 0 spiro atoms. The van der Waals surface area contributed by atoms with Gasteiger partial charge in [0.15, 0.2) is 0 Å². The first-order chi connectivity index (χ1) is 13.8. The van der Waals surface area contributed by atoms with Gasteiger partial charge in [0.25, 0.3) is 0 Å². The molecule has 0 fully saturated rings. The van der Waals surface area contributed by atoms with Crippen molar-refractivity contribution < 1.29 is 9.15 Å². The van der Waals surface area contributed by atoms with Crippen LogP contribution >= 0.6 is 0 Å². The summed E-state index contributed by atoms with van der Waals surface area (Å²) in [6.07, 6.45) is 5.56. The Bertz CT molecular complexity index is 1020. The third kappa shape index (κ3) is 4.25. The summed E-state index contributed by atoms with van der Waals surface area (Å²) in [5.74, 6) is 1.95. The molecule has 4 aromatic rings. The maximum Gasteiger partial charge on any atom is 0.138 e. The smallest absolute Gasteiger partial charge is 0.138 e. The van der Waals surface area contributed by atoms with E-state index in [0.29, 0.717) is 6.61 Å². The topological polar surface area (TPSA) is 35.3 Å². The van der Waals surface area contributed by atoms with Crippen LogP contribution in [0.5, 0.6) is 5.75 Å². The van der Waals surface area contributed by atoms with E-state index >= 15 is 0 Å². The van der Waals surface area contributed by atoms with Crippen LogP contribution in [0.2, 0.25) is 0 Å². The Morgan fingerprint density at radius 2 is 1.71 bits per heavy atom. The Balaban J connectivity index is 1.43. The molecule has 0 radical (unpaired) electrons. The lowest BCUT2D eigenvalue weighted by Gasteiger charge is -2.07. The summed E-state index contributed by atoms with van der Waals surface area (Å²) >= 11 is 0. The predicted molar refractivity (Wildman–Crippen MR) is 113 cm³/mol. The number of benzene rings is 2. The number of rotatable bonds is 8. The zero-order valence-electron chi connectivity index (χ0n) is 16.2. The highest BCUT2D eigenvalue weighted by atomic mass is 16.5. The van der Waals surface area contributed by atoms with Gasteiger partial charge >= 0.3 is 0 Å². The van der Waals surface area contributed by atoms with Crippen LogP contribution in [0, 0.1) is 6.92 Å². The predicted octanol–water partition coefficient (Wildman–Crippen LogP) is 5.93. The van der Waals surface area contributed by atoms with Crippen molar-refractivity contribution in [2.75, 3.05) is 6.61 Å². The lowest BCUT2D eigenvalue weighted by atomic mass is 10.1. The molecule has 0 unspecified atom stereocenters. The second-order valence-electron chi connectivity index (χ2n) is 7.04. The molecule has 0 bridgehead atoms. The molecular formula is C25H25NO2. The molecule has 142 valence electrons. The van der Waals surface area contributed by atoms with Gasteiger partial charge in [0.1, 0.15) is 17.1 Å². The fourth-order valence-corrected chi connectivity index (χ4v) is 3.56. The van der Waals surface area contributed by atoms with Crippen LogP contribution in [0.25, 0.3) is 11.0 Å². The summed E-state index contributed by atoms with van der Waals surface area (Å²) in [5, 5.41) is 1.10. The molecule has 4 rings (SSSR count). The summed E-state index contributed by atoms with van der Waals surface area (Å²) < 4.78 is 12.3. The lowest BCUT2D eigenvalue weighted by molar-refractivity contribution is 0.314. The van der Waals surface area contributed by atoms with Gasteiger partial charge in [-0.25, -0.2) is 0 Å². The third-order valence-electron chi connectivity index (χ3n) is 5.06. The van der Waals surface area contributed by atoms with E-state index in [1.807, 2.05) is 42.6 Å². The Kier molecular flexibility index (Phi) is 5.72. The first-order valence-corrected chi connectivity index (χ1v) is 9.89. The molecule has 0 saturated carbocycles. The molecule has 0 atom stereocenters. The number of aromatic nitrogens is 1. The van der Waals surface area contributed by atoms with Crippen molar-refractivity contribution in [3.63, 3.8) is 0 Å². The average Bonchev–Trinajstić information content (AvgIpc) is 3.07. The summed E-state index contributed by atoms with van der Waals surface area (Å²) in [6, 6.07) is 22.6. The van der Waals surface area contributed by atoms with E-state index in [4.69, 9.17) is 9.15 Å². The van der Waals surface area contributed by atoms with Crippen molar-refractivity contribution in [3.05, 3.63) is 95.5 Å². The van der Waals surface area contributed by atoms with Crippen LogP contribution in [0.15, 0.2) is 77.3 Å². The van der Waals surface area contributed by atoms with Gasteiger partial charge < -0.3 is 9.15 Å². The van der Waals surface area contributed by atoms with Gasteiger partial charge in [0.05, 0.1) is 12.0 Å². The fourth-order valence-electron chi connectivity index (χ4n) is 3.56. The van der Waals surface area contributed by atoms with Crippen LogP contribution in [-0.4, -0.2) is 11.6 Å². The molecule has 0 aliphatic carbocycles. The summed E-state index contributed by atoms with van der Waals surface area (Å²) in [6.45, 7) is 2.80. The van der Waals surface area contributed by atoms with Crippen molar-refractivity contribution in [1.82, 2.24) is 4.98 Å². The Morgan fingerprint density at radius 1 is 0.857 bits per heavy atom. The molecule has 0 amide bonds. The number of pyridine rings is 1. The zero-order chi connectivity index (χ0) is 19.2. The molecule has 0 saturated heterocycles. The maximum atomic E-state index is 6.15. The summed E-state index contributed by atoms with van der Waals surface area (Å²) in [4.78, 5) is 4.37. The SMILES string of the molecule is Cc1c(CCc2ccccc2)oc2cccc(OCCCc3ccccn3)c12. The largest absolute Gasteiger partial charge is 0.493 e. The van der Waals surface area contributed by atoms with Crippen molar-refractivity contribution in [1.29, 1.82) is 0 Å². The van der Waals surface area contributed by atoms with Crippen LogP contribution in [-0.2, 0) is 19.3 Å². The zero-order valence-corrected chi connectivity index (χ0v) is 16.2. The number of aryl methyl sites for hydroxylation is 4. The van der Waals surface area contributed by atoms with E-state index < -0.39 is 0 Å². The van der Waals surface area contributed by atoms with E-state index in [2.05, 4.69) is 42.2 Å². The second-order valence-corrected chi connectivity index (χ2v) is 7.04. The standard InChI is InChI=1S/C25H25NO2/c1-19-22(16-15-20-9-3-2-4-10-20)28-24-14-7-13-23(25(19)24)27-18-8-12-21-11-5-6-17-26-21/h2-7,9-11,13-14,17H,8,12,15-16,18H2,1H3. The lowest BCUT2D eigenvalue weighted by Crippen LogP contribution is -2.00. The quantitative estimate of drug-likeness (QED) is 0.360. The molecule has 28 heavy (non-hydrogen) atoms. The van der Waals surface area contributed by atoms with Gasteiger partial charge in [-0.1, -0.05) is 42.5 Å². The van der Waals surface area contributed by atoms with Crippen molar-refractivity contribution in [3.8, 4) is 5.75 Å². The van der Waals surface area contributed by atoms with Crippen molar-refractivity contribution in [2.45, 2.75) is 32.6 Å². The Morgan fingerprint density at radius 3 is 2.54 bits per heavy atom. The van der Waals surface area contributed by atoms with E-state index in [1.54, 1.807) is 0 Å². The number of nitrogens with zero attached hydrogens (tertiary/aromatic N) is 1. The molecule has 0 aliphatic rings. The molecule has 3 nitrogen and oxygen atoms in total. The minimum atomic E-state index is 0.666. The van der Waals surface area contributed by atoms with Gasteiger partial charge in [-0.15, -0.1) is 0 Å². The van der Waals surface area contributed by atoms with E-state index in [9.17, 15) is 0 Å². The number of furan rings is 1. The highest BCUT2D eigenvalue weighted by Gasteiger charge is 2.14. The van der Waals surface area contributed by atoms with Gasteiger partial charge in [-0.3, -0.25) is 4.98 Å². The van der Waals surface area contributed by atoms with Crippen LogP contribution in [0.1, 0.15) is 29.0 Å². The van der Waals surface area contributed by atoms with Gasteiger partial charge in [-0.05, 0) is 56.0 Å². The van der Waals surface area contributed by atoms with Crippen LogP contribution in [0.4, 0.5) is 0 Å². The van der Waals surface area contributed by atoms with E-state index in [-0.39, 0.29) is 0 Å². The number of hydrogen-bond acceptors (Lipinski definition) is 3. The van der Waals surface area contributed by atoms with E-state index in [0.717, 1.165) is 53.9 Å². The normalized spacial score (nSPS) is 11.0. The molecule has 2 aromatic carbocycles. The monoisotopic (exact) mass is 371 g/mol. The average molecular weight is 371 g/mol. The molecule has 3 heteroatoms. The molecule has 2 heterocycles. The Labute approximate surface area is 166 Å². The minimum Gasteiger partial charge on any atom is -0.493 e. The maximum absolute atomic E-state index is 6.15. The van der Waals surface area contributed by atoms with E-state index in [1.165, 1.54) is 11.1 Å². The molecular weight excluding hydrogens is 346 g/mol. The third-order valence-corrected chi connectivity index (χ3v) is 5.06. The summed E-state index contributed by atoms with van der Waals surface area (Å²) in [5.41, 5.74) is 4.52. The van der Waals surface area contributed by atoms with Crippen molar-refractivity contribution in [2.24, 2.45) is 0 Å². The summed E-state index contributed by atoms with van der Waals surface area (Å²) in [7, 11) is 0. The van der Waals surface area contributed by atoms with Crippen LogP contribution in [0.3, 0.4) is 0 Å². The highest BCUT2D eigenvalue weighted by Crippen LogP contribution is 2.33. The Hall–Kier alpha value is -3.07. The molecule has 0 aliphatic heterocycles. The molecule has 2 aromatic heterocycles. The fraction of sp³-hybridized carbons (Fsp3) is 0.240. The van der Waals surface area contributed by atoms with Crippen LogP contribution < -0.4 is 4.74 Å². The van der Waals surface area contributed by atoms with Crippen molar-refractivity contribution >= 4 is 11.0 Å². The van der Waals surface area contributed by atoms with Gasteiger partial charge in [0.2, 0.25) is 0 Å². The minimum absolute atomic E-state index is 0.666. The number of fused-ring (bicyclic) bond motifs is 1. The number of hydrogen-bond donors (Lipinski definition) is 0. The second kappa shape index (κ2) is 8.75. The number of ether oxygens (including phenoxy) is 1. The highest BCUT2D eigenvalue weighted by molar-refractivity contribution is 5.88. The van der Waals surface area contributed by atoms with Gasteiger partial charge in [0, 0.05) is 23.9 Å². The first kappa shape index (κ1) is 18.3. The first-order valence-electron chi connectivity index (χ1n) is 9.89. The molecule has 0 N–H and O–H groups in total.